The van der Waals surface area contributed by atoms with Crippen molar-refractivity contribution >= 4 is 0 Å². The molecule has 1 aromatic rings. The van der Waals surface area contributed by atoms with Crippen LogP contribution in [0, 0.1) is 6.92 Å². The minimum Gasteiger partial charge on any atom is -0.396 e. The van der Waals surface area contributed by atoms with Crippen molar-refractivity contribution in [2.75, 3.05) is 6.61 Å². The molecule has 59 valence electrons. The van der Waals surface area contributed by atoms with Crippen molar-refractivity contribution in [3.8, 4) is 0 Å². The zero-order chi connectivity index (χ0) is 8.10. The summed E-state index contributed by atoms with van der Waals surface area (Å²) in [5.41, 5.74) is 1.17. The molecule has 1 unspecified atom stereocenters. The van der Waals surface area contributed by atoms with Crippen LogP contribution in [0.4, 0.5) is 0 Å². The monoisotopic (exact) mass is 149 g/mol. The van der Waals surface area contributed by atoms with Gasteiger partial charge in [0, 0.05) is 12.5 Å². The Morgan fingerprint density at radius 2 is 1.91 bits per heavy atom. The Hall–Kier alpha value is -0.820. The molecule has 1 radical (unpaired) electrons. The SMILES string of the molecule is [CH2]CC(CO)c1ccccc1. The quantitative estimate of drug-likeness (QED) is 0.696. The van der Waals surface area contributed by atoms with Crippen LogP contribution in [-0.2, 0) is 0 Å². The number of hydrogen-bond donors (Lipinski definition) is 1. The second-order valence-electron chi connectivity index (χ2n) is 2.58. The Balaban J connectivity index is 2.74. The molecule has 1 N–H and O–H groups in total. The lowest BCUT2D eigenvalue weighted by Crippen LogP contribution is -2.01. The Labute approximate surface area is 67.7 Å². The van der Waals surface area contributed by atoms with E-state index in [0.29, 0.717) is 0 Å². The first-order valence-electron chi connectivity index (χ1n) is 3.83. The highest BCUT2D eigenvalue weighted by molar-refractivity contribution is 5.19. The molecule has 1 atom stereocenters. The van der Waals surface area contributed by atoms with Crippen molar-refractivity contribution < 1.29 is 5.11 Å². The highest BCUT2D eigenvalue weighted by Gasteiger charge is 2.05. The maximum absolute atomic E-state index is 8.94. The Kier molecular flexibility index (Phi) is 3.12. The summed E-state index contributed by atoms with van der Waals surface area (Å²) in [7, 11) is 0. The van der Waals surface area contributed by atoms with Crippen LogP contribution >= 0.6 is 0 Å². The lowest BCUT2D eigenvalue weighted by Gasteiger charge is -2.10. The molecule has 0 amide bonds. The molecule has 1 rings (SSSR count). The van der Waals surface area contributed by atoms with Gasteiger partial charge in [-0.05, 0) is 12.0 Å². The van der Waals surface area contributed by atoms with Crippen LogP contribution in [-0.4, -0.2) is 11.7 Å². The molecule has 11 heavy (non-hydrogen) atoms. The number of rotatable bonds is 3. The number of benzene rings is 1. The van der Waals surface area contributed by atoms with E-state index in [2.05, 4.69) is 6.92 Å². The fourth-order valence-electron chi connectivity index (χ4n) is 1.09. The Morgan fingerprint density at radius 1 is 1.27 bits per heavy atom. The predicted molar refractivity (Wildman–Crippen MR) is 46.2 cm³/mol. The standard InChI is InChI=1S/C10H13O/c1-2-9(8-11)10-6-4-3-5-7-10/h3-7,9,11H,1-2,8H2. The lowest BCUT2D eigenvalue weighted by molar-refractivity contribution is 0.265. The predicted octanol–water partition coefficient (Wildman–Crippen LogP) is 1.99. The van der Waals surface area contributed by atoms with Crippen molar-refractivity contribution in [3.05, 3.63) is 42.8 Å². The Bertz CT molecular complexity index is 189. The normalized spacial score (nSPS) is 12.9. The first kappa shape index (κ1) is 8.28. The van der Waals surface area contributed by atoms with Gasteiger partial charge < -0.3 is 5.11 Å². The van der Waals surface area contributed by atoms with E-state index >= 15 is 0 Å². The summed E-state index contributed by atoms with van der Waals surface area (Å²) in [5, 5.41) is 8.94. The molecule has 1 heteroatoms. The minimum atomic E-state index is 0.188. The first-order chi connectivity index (χ1) is 5.38. The Morgan fingerprint density at radius 3 is 2.36 bits per heavy atom. The molecule has 0 saturated heterocycles. The third-order valence-electron chi connectivity index (χ3n) is 1.84. The molecule has 0 aliphatic carbocycles. The first-order valence-corrected chi connectivity index (χ1v) is 3.83. The van der Waals surface area contributed by atoms with Crippen LogP contribution in [0.5, 0.6) is 0 Å². The minimum absolute atomic E-state index is 0.188. The van der Waals surface area contributed by atoms with Crippen LogP contribution < -0.4 is 0 Å². The fraction of sp³-hybridized carbons (Fsp3) is 0.300. The number of aliphatic hydroxyl groups excluding tert-OH is 1. The summed E-state index contributed by atoms with van der Waals surface area (Å²) in [4.78, 5) is 0. The summed E-state index contributed by atoms with van der Waals surface area (Å²) < 4.78 is 0. The van der Waals surface area contributed by atoms with Crippen molar-refractivity contribution in [2.24, 2.45) is 0 Å². The second-order valence-corrected chi connectivity index (χ2v) is 2.58. The van der Waals surface area contributed by atoms with Gasteiger partial charge in [-0.2, -0.15) is 0 Å². The maximum Gasteiger partial charge on any atom is 0.0499 e. The van der Waals surface area contributed by atoms with E-state index in [4.69, 9.17) is 5.11 Å². The van der Waals surface area contributed by atoms with Gasteiger partial charge in [-0.1, -0.05) is 37.3 Å². The second kappa shape index (κ2) is 4.14. The van der Waals surface area contributed by atoms with E-state index in [0.717, 1.165) is 6.42 Å². The van der Waals surface area contributed by atoms with Crippen molar-refractivity contribution in [2.45, 2.75) is 12.3 Å². The molecule has 0 fully saturated rings. The van der Waals surface area contributed by atoms with Crippen LogP contribution in [0.25, 0.3) is 0 Å². The largest absolute Gasteiger partial charge is 0.396 e. The van der Waals surface area contributed by atoms with Gasteiger partial charge in [0.1, 0.15) is 0 Å². The van der Waals surface area contributed by atoms with Gasteiger partial charge in [-0.15, -0.1) is 0 Å². The lowest BCUT2D eigenvalue weighted by atomic mass is 9.98. The number of aliphatic hydroxyl groups is 1. The molecule has 0 aromatic heterocycles. The van der Waals surface area contributed by atoms with E-state index < -0.39 is 0 Å². The topological polar surface area (TPSA) is 20.2 Å². The van der Waals surface area contributed by atoms with E-state index in [9.17, 15) is 0 Å². The molecular formula is C10H13O. The van der Waals surface area contributed by atoms with E-state index in [1.165, 1.54) is 5.56 Å². The van der Waals surface area contributed by atoms with Gasteiger partial charge in [0.25, 0.3) is 0 Å². The maximum atomic E-state index is 8.94. The molecule has 0 spiro atoms. The van der Waals surface area contributed by atoms with Crippen molar-refractivity contribution in [1.82, 2.24) is 0 Å². The molecule has 0 heterocycles. The van der Waals surface area contributed by atoms with E-state index in [-0.39, 0.29) is 12.5 Å². The molecule has 1 nitrogen and oxygen atoms in total. The average Bonchev–Trinajstić information content (AvgIpc) is 2.09. The summed E-state index contributed by atoms with van der Waals surface area (Å²) in [5.74, 6) is 0.205. The average molecular weight is 149 g/mol. The van der Waals surface area contributed by atoms with Crippen LogP contribution in [0.2, 0.25) is 0 Å². The molecular weight excluding hydrogens is 136 g/mol. The molecule has 0 aliphatic rings. The van der Waals surface area contributed by atoms with Gasteiger partial charge in [-0.3, -0.25) is 0 Å². The highest BCUT2D eigenvalue weighted by Crippen LogP contribution is 2.17. The zero-order valence-corrected chi connectivity index (χ0v) is 6.53. The van der Waals surface area contributed by atoms with Crippen LogP contribution in [0.15, 0.2) is 30.3 Å². The zero-order valence-electron chi connectivity index (χ0n) is 6.53. The van der Waals surface area contributed by atoms with E-state index in [1.807, 2.05) is 30.3 Å². The third kappa shape index (κ3) is 2.05. The van der Waals surface area contributed by atoms with Gasteiger partial charge in [0.15, 0.2) is 0 Å². The summed E-state index contributed by atoms with van der Waals surface area (Å²) in [6.07, 6.45) is 0.751. The molecule has 1 aromatic carbocycles. The van der Waals surface area contributed by atoms with Crippen LogP contribution in [0.1, 0.15) is 17.9 Å². The molecule has 0 aliphatic heterocycles. The summed E-state index contributed by atoms with van der Waals surface area (Å²) in [6.45, 7) is 3.96. The van der Waals surface area contributed by atoms with Gasteiger partial charge in [0.05, 0.1) is 0 Å². The van der Waals surface area contributed by atoms with Crippen molar-refractivity contribution in [1.29, 1.82) is 0 Å². The summed E-state index contributed by atoms with van der Waals surface area (Å²) in [6, 6.07) is 9.97. The van der Waals surface area contributed by atoms with Gasteiger partial charge in [0.2, 0.25) is 0 Å². The number of hydrogen-bond acceptors (Lipinski definition) is 1. The molecule has 0 bridgehead atoms. The highest BCUT2D eigenvalue weighted by atomic mass is 16.3. The van der Waals surface area contributed by atoms with Gasteiger partial charge in [-0.25, -0.2) is 0 Å². The fourth-order valence-corrected chi connectivity index (χ4v) is 1.09. The van der Waals surface area contributed by atoms with E-state index in [1.54, 1.807) is 0 Å². The van der Waals surface area contributed by atoms with Gasteiger partial charge >= 0.3 is 0 Å². The molecule has 0 saturated carbocycles. The smallest absolute Gasteiger partial charge is 0.0499 e. The van der Waals surface area contributed by atoms with Crippen LogP contribution in [0.3, 0.4) is 0 Å². The third-order valence-corrected chi connectivity index (χ3v) is 1.84. The summed E-state index contributed by atoms with van der Waals surface area (Å²) >= 11 is 0. The van der Waals surface area contributed by atoms with Crippen molar-refractivity contribution in [3.63, 3.8) is 0 Å².